The summed E-state index contributed by atoms with van der Waals surface area (Å²) in [5.74, 6) is -5.05. The number of ketones is 3. The number of esters is 3. The van der Waals surface area contributed by atoms with E-state index < -0.39 is 64.3 Å². The Bertz CT molecular complexity index is 5340. The molecule has 0 atom stereocenters. The number of carboxylic acids is 3. The Morgan fingerprint density at radius 1 is 0.578 bits per heavy atom. The molecule has 1 amide bonds. The summed E-state index contributed by atoms with van der Waals surface area (Å²) in [4.78, 5) is 144. The minimum Gasteiger partial charge on any atom is -1.00 e. The van der Waals surface area contributed by atoms with Gasteiger partial charge in [0.05, 0.1) is 79.5 Å². The number of nitrogen functional groups attached to an aromatic ring is 2. The van der Waals surface area contributed by atoms with E-state index in [9.17, 15) is 77.0 Å². The zero-order valence-electron chi connectivity index (χ0n) is 72.5. The zero-order chi connectivity index (χ0) is 93.1. The maximum atomic E-state index is 12.7. The van der Waals surface area contributed by atoms with Gasteiger partial charge in [-0.15, -0.1) is 0 Å². The van der Waals surface area contributed by atoms with Crippen molar-refractivity contribution < 1.29 is 317 Å². The average molecular weight is 2130 g/mol. The van der Waals surface area contributed by atoms with Crippen LogP contribution in [0.15, 0.2) is 218 Å². The normalized spacial score (nSPS) is 10.5. The fourth-order valence-corrected chi connectivity index (χ4v) is 9.33. The number of nitro groups is 2. The van der Waals surface area contributed by atoms with E-state index in [-0.39, 0.29) is 285 Å². The van der Waals surface area contributed by atoms with Crippen molar-refractivity contribution in [1.29, 1.82) is 0 Å². The number of methoxy groups -OCH3 is 3. The van der Waals surface area contributed by atoms with E-state index in [4.69, 9.17) is 78.2 Å². The van der Waals surface area contributed by atoms with Crippen LogP contribution in [0.5, 0.6) is 46.0 Å². The molecule has 0 spiro atoms. The van der Waals surface area contributed by atoms with Crippen LogP contribution in [0.3, 0.4) is 0 Å². The molecule has 1 aliphatic carbocycles. The number of nitrogens with zero attached hydrogens (tertiary/aromatic N) is 2. The number of alkyl halides is 2. The zero-order valence-corrected chi connectivity index (χ0v) is 84.2. The number of nitrogens with one attached hydrogen (secondary N) is 1. The predicted molar refractivity (Wildman–Crippen MR) is 456 cm³/mol. The molecule has 9 aromatic carbocycles. The van der Waals surface area contributed by atoms with E-state index in [0.29, 0.717) is 56.0 Å². The minimum atomic E-state index is -1.12. The number of rotatable bonds is 18. The molecule has 1 fully saturated rings. The van der Waals surface area contributed by atoms with Gasteiger partial charge >= 0.3 is 204 Å². The van der Waals surface area contributed by atoms with Crippen molar-refractivity contribution in [3.63, 3.8) is 0 Å². The van der Waals surface area contributed by atoms with Gasteiger partial charge in [-0.2, -0.15) is 4.39 Å². The first-order valence-electron chi connectivity index (χ1n) is 35.7. The second-order valence-electron chi connectivity index (χ2n) is 22.9. The number of ether oxygens (including phenoxy) is 8. The Balaban J connectivity index is -0.000000345. The van der Waals surface area contributed by atoms with Crippen molar-refractivity contribution in [3.05, 3.63) is 300 Å². The molecule has 13 N–H and O–H groups in total. The van der Waals surface area contributed by atoms with Crippen molar-refractivity contribution in [1.82, 2.24) is 0 Å². The second-order valence-corrected chi connectivity index (χ2v) is 22.9. The number of aliphatic hydroxyl groups is 2. The summed E-state index contributed by atoms with van der Waals surface area (Å²) in [5.41, 5.74) is 13.3. The molecule has 12 rings (SSSR count). The van der Waals surface area contributed by atoms with Gasteiger partial charge < -0.3 is 103 Å². The Kier molecular flexibility index (Phi) is 65.0. The van der Waals surface area contributed by atoms with Crippen LogP contribution in [0.25, 0.3) is 0 Å². The van der Waals surface area contributed by atoms with Crippen LogP contribution in [-0.4, -0.2) is 166 Å². The summed E-state index contributed by atoms with van der Waals surface area (Å²) < 4.78 is 75.3. The van der Waals surface area contributed by atoms with Crippen LogP contribution in [0, 0.1) is 32.1 Å². The first-order valence-corrected chi connectivity index (χ1v) is 35.8. The molecule has 0 unspecified atom stereocenters. The van der Waals surface area contributed by atoms with E-state index in [1.807, 2.05) is 22.6 Å². The average Bonchev–Trinajstić information content (AvgIpc) is 1.74. The van der Waals surface area contributed by atoms with Crippen molar-refractivity contribution in [2.45, 2.75) is 41.0 Å². The van der Waals surface area contributed by atoms with Crippen LogP contribution < -0.4 is 198 Å². The number of allylic oxidation sites excluding steroid dienone is 3. The molecular weight excluding hydrogens is 2040 g/mol. The Morgan fingerprint density at radius 3 is 1.36 bits per heavy atom. The number of halogens is 3. The summed E-state index contributed by atoms with van der Waals surface area (Å²) in [5, 5.41) is 75.4. The molecule has 1 saturated heterocycles. The van der Waals surface area contributed by atoms with E-state index in [0.717, 1.165) is 38.5 Å². The third-order valence-corrected chi connectivity index (χ3v) is 15.1. The second kappa shape index (κ2) is 68.5. The van der Waals surface area contributed by atoms with Crippen molar-refractivity contribution in [3.8, 4) is 46.0 Å². The monoisotopic (exact) mass is 2130 g/mol. The van der Waals surface area contributed by atoms with Crippen molar-refractivity contribution >= 4 is 117 Å². The van der Waals surface area contributed by atoms with Crippen molar-refractivity contribution in [2.24, 2.45) is 0 Å². The summed E-state index contributed by atoms with van der Waals surface area (Å²) in [6.07, 6.45) is 9.48. The molecule has 0 bridgehead atoms. The van der Waals surface area contributed by atoms with Gasteiger partial charge in [-0.05, 0) is 166 Å². The number of carbonyl (C=O) groups is 11. The quantitative estimate of drug-likeness (QED) is 0.00415. The van der Waals surface area contributed by atoms with E-state index in [1.165, 1.54) is 152 Å². The molecule has 0 aromatic heterocycles. The summed E-state index contributed by atoms with van der Waals surface area (Å²) >= 11 is 1.96. The number of hydrogen-bond donors (Lipinski definition) is 8. The fourth-order valence-electron chi connectivity index (χ4n) is 9.33. The SMILES string of the molecule is C.C1CCOC1.CC(=O)c1ccc(F)c([N+](=O)[O-])c1.CO.COC(=O)C1=C(O)C=C[C+]=C1.COC(=O)c1ccccc1Oc1ccc(C(C)=O)cc1N.COC(=O)c1ccccc1Oc1ccc(C(C)=O)cc1[N+](=O)[O-].Nc1cc(C(=O)O)ccc1Oc1ccccc1C(=O)O.O.O=C(O)c1ccc2c(c1)NC(=O)c1ccccc1O2.O=CO[O-].[2H]CF.[2H]CI.[Cs+].[Cs+].[H-].[Li+].[OH-]. The third kappa shape index (κ3) is 42.1. The molecule has 2 heterocycles. The van der Waals surface area contributed by atoms with Gasteiger partial charge in [0.1, 0.15) is 63.3 Å². The number of nitrogens with two attached hydrogens (primary N) is 2. The summed E-state index contributed by atoms with van der Waals surface area (Å²) in [6.45, 7) is 5.85. The Hall–Kier alpha value is -10.6. The van der Waals surface area contributed by atoms with Crippen LogP contribution in [0.1, 0.15) is 138 Å². The fraction of sp³-hybridized carbons (Fsp3) is 0.165. The standard InChI is InChI=1S/C16H13NO6.C16H15NO4.C14H11NO5.C14H9NO4.C8H6FNO3.C8H6O3.C4H8O.CH3F.CH3I.CH2O3.CH4O.CH4.2Cs.Li.2H2O.H/c1-10(18)11-7-8-15(13(9-11)17(20)21)23-14-6-4-3-5-12(14)16(19)22-2;1-10(18)11-7-8-15(13(17)9-11)21-14-6-4-3-5-12(14)16(19)20-2;15-10-7-8(13(16)17)5-6-12(10)20-11-4-2-1-3-9(11)14(18)19;16-13-9-3-1-2-4-11(9)19-12-6-5-8(14(17)18)7-10(12)15-13;1-5(11)6-2-3-7(9)8(4-6)10(12)13;1-11-8(10)6-4-2-3-5-7(6)9;1-2-4-5-3-1;2*1-2;2-1-4-3;1-2;;;;;;;/h3-9H,1-2H3;3-9H,17H2,1-2H3;1-7H,15H2,(H,16,17)(H,18,19);1-7H,(H,15,16)(H,17,18);2-4H,1H3;3-5H,1H3;1-4H2;2*1H3;1,3H;2H,1H3;1H4;;;;2*1H2;/q;;;;;;;;;;;;3*+1;;;-1/p-1/i;;;;;;;2*1D;;;;;;;;;. The van der Waals surface area contributed by atoms with Gasteiger partial charge in [-0.1, -0.05) is 78.5 Å². The molecule has 0 radical (unpaired) electrons. The first-order chi connectivity index (χ1) is 59.1. The molecule has 9 aromatic rings. The molecule has 0 saturated carbocycles. The molecular formula is C85H88Cs2F2ILiN5O32+. The molecule has 668 valence electrons. The van der Waals surface area contributed by atoms with E-state index >= 15 is 0 Å². The Morgan fingerprint density at radius 2 is 0.953 bits per heavy atom. The van der Waals surface area contributed by atoms with E-state index in [1.54, 1.807) is 91.0 Å². The van der Waals surface area contributed by atoms with Gasteiger partial charge in [0.2, 0.25) is 22.9 Å². The number of fused-ring (bicyclic) bond motifs is 2. The smallest absolute Gasteiger partial charge is 1.00 e. The topological polar surface area (TPSA) is 607 Å². The molecule has 43 heteroatoms. The molecule has 128 heavy (non-hydrogen) atoms. The number of carboxylic acid groups (broad SMARTS) is 3. The summed E-state index contributed by atoms with van der Waals surface area (Å²) in [6, 6.07) is 45.8. The van der Waals surface area contributed by atoms with Gasteiger partial charge in [-0.3, -0.25) is 48.6 Å². The number of aromatic carboxylic acids is 3. The maximum Gasteiger partial charge on any atom is 1.00 e. The van der Waals surface area contributed by atoms with E-state index in [2.05, 4.69) is 25.8 Å². The maximum absolute atomic E-state index is 12.7. The largest absolute Gasteiger partial charge is 1.00 e. The Labute approximate surface area is 879 Å². The third-order valence-electron chi connectivity index (χ3n) is 15.1. The number of carbonyl (C=O) groups excluding carboxylic acids is 8. The van der Waals surface area contributed by atoms with Crippen LogP contribution >= 0.6 is 22.6 Å². The van der Waals surface area contributed by atoms with Crippen LogP contribution in [-0.2, 0) is 33.4 Å². The first kappa shape index (κ1) is 122. The number of Topliss-reactive ketones (excluding diaryl/α,β-unsaturated/α-hetero) is 3. The number of nitro benzene ring substituents is 2. The van der Waals surface area contributed by atoms with Crippen LogP contribution in [0.2, 0.25) is 0 Å². The van der Waals surface area contributed by atoms with Gasteiger partial charge in [-0.25, -0.2) is 28.8 Å². The number of hydrogen-bond acceptors (Lipinski definition) is 30. The minimum absolute atomic E-state index is 0. The number of benzene rings is 9. The van der Waals surface area contributed by atoms with Gasteiger partial charge in [0.15, 0.2) is 23.1 Å². The van der Waals surface area contributed by atoms with Gasteiger partial charge in [0.25, 0.3) is 12.4 Å². The number of anilines is 3. The molecule has 2 aliphatic heterocycles. The van der Waals surface area contributed by atoms with Gasteiger partial charge in [0, 0.05) is 56.6 Å². The number of amides is 1. The van der Waals surface area contributed by atoms with Crippen LogP contribution in [0.4, 0.5) is 37.2 Å². The number of aliphatic hydroxyl groups excluding tert-OH is 2. The number of para-hydroxylation sites is 4. The van der Waals surface area contributed by atoms with Crippen molar-refractivity contribution in [2.75, 3.05) is 70.5 Å². The summed E-state index contributed by atoms with van der Waals surface area (Å²) in [7, 11) is 3.78. The predicted octanol–water partition coefficient (Wildman–Crippen LogP) is 5.70. The molecule has 3 aliphatic rings. The molecule has 37 nitrogen and oxygen atoms in total.